The van der Waals surface area contributed by atoms with E-state index in [1.165, 1.54) is 0 Å². The van der Waals surface area contributed by atoms with Gasteiger partial charge < -0.3 is 5.32 Å². The van der Waals surface area contributed by atoms with Crippen LogP contribution >= 0.6 is 11.6 Å². The van der Waals surface area contributed by atoms with Crippen LogP contribution in [-0.2, 0) is 14.6 Å². The van der Waals surface area contributed by atoms with Gasteiger partial charge in [-0.15, -0.1) is 0 Å². The smallest absolute Gasteiger partial charge is 0.224 e. The first-order valence-electron chi connectivity index (χ1n) is 6.62. The molecular formula is C14H18ClNO3S. The van der Waals surface area contributed by atoms with Gasteiger partial charge in [-0.05, 0) is 43.4 Å². The van der Waals surface area contributed by atoms with Crippen molar-refractivity contribution in [1.29, 1.82) is 0 Å². The van der Waals surface area contributed by atoms with Gasteiger partial charge in [-0.3, -0.25) is 4.79 Å². The summed E-state index contributed by atoms with van der Waals surface area (Å²) in [5.41, 5.74) is 1.61. The van der Waals surface area contributed by atoms with Gasteiger partial charge in [-0.25, -0.2) is 8.42 Å². The zero-order chi connectivity index (χ0) is 14.8. The second-order valence-electron chi connectivity index (χ2n) is 5.33. The van der Waals surface area contributed by atoms with E-state index in [0.717, 1.165) is 12.0 Å². The monoisotopic (exact) mass is 315 g/mol. The van der Waals surface area contributed by atoms with Gasteiger partial charge in [0, 0.05) is 17.1 Å². The van der Waals surface area contributed by atoms with Crippen molar-refractivity contribution >= 4 is 33.0 Å². The van der Waals surface area contributed by atoms with Gasteiger partial charge in [0.2, 0.25) is 5.91 Å². The zero-order valence-corrected chi connectivity index (χ0v) is 12.9. The number of halogens is 1. The summed E-state index contributed by atoms with van der Waals surface area (Å²) in [6, 6.07) is 5.30. The van der Waals surface area contributed by atoms with Gasteiger partial charge in [-0.1, -0.05) is 17.7 Å². The van der Waals surface area contributed by atoms with E-state index in [1.54, 1.807) is 12.1 Å². The molecule has 1 aromatic carbocycles. The lowest BCUT2D eigenvalue weighted by Gasteiger charge is -2.21. The normalized spacial score (nSPS) is 21.4. The van der Waals surface area contributed by atoms with E-state index in [-0.39, 0.29) is 29.8 Å². The first-order valence-corrected chi connectivity index (χ1v) is 8.82. The van der Waals surface area contributed by atoms with Crippen LogP contribution in [0, 0.1) is 12.8 Å². The minimum absolute atomic E-state index is 0.0757. The van der Waals surface area contributed by atoms with Crippen molar-refractivity contribution in [3.05, 3.63) is 28.8 Å². The first-order chi connectivity index (χ1) is 9.35. The average molecular weight is 316 g/mol. The fourth-order valence-electron chi connectivity index (χ4n) is 2.47. The SMILES string of the molecule is Cc1ccc(Cl)cc1NC(=O)CC1CCCS(=O)(=O)C1. The van der Waals surface area contributed by atoms with Crippen LogP contribution in [-0.4, -0.2) is 25.8 Å². The molecule has 110 valence electrons. The van der Waals surface area contributed by atoms with Gasteiger partial charge in [0.15, 0.2) is 9.84 Å². The topological polar surface area (TPSA) is 63.2 Å². The number of carbonyl (C=O) groups is 1. The molecule has 1 fully saturated rings. The molecule has 1 amide bonds. The predicted octanol–water partition coefficient (Wildman–Crippen LogP) is 2.80. The van der Waals surface area contributed by atoms with Crippen molar-refractivity contribution in [3.8, 4) is 0 Å². The molecule has 0 radical (unpaired) electrons. The maximum Gasteiger partial charge on any atom is 0.224 e. The minimum atomic E-state index is -2.97. The summed E-state index contributed by atoms with van der Waals surface area (Å²) >= 11 is 5.90. The molecule has 0 spiro atoms. The molecule has 0 aromatic heterocycles. The molecule has 1 aliphatic rings. The Hall–Kier alpha value is -1.07. The molecular weight excluding hydrogens is 298 g/mol. The Kier molecular flexibility index (Phi) is 4.70. The third-order valence-corrected chi connectivity index (χ3v) is 5.63. The molecule has 4 nitrogen and oxygen atoms in total. The Balaban J connectivity index is 1.97. The Morgan fingerprint density at radius 1 is 1.45 bits per heavy atom. The molecule has 1 saturated heterocycles. The second-order valence-corrected chi connectivity index (χ2v) is 8.00. The number of benzene rings is 1. The van der Waals surface area contributed by atoms with Gasteiger partial charge >= 0.3 is 0 Å². The quantitative estimate of drug-likeness (QED) is 0.933. The first kappa shape index (κ1) is 15.3. The molecule has 1 unspecified atom stereocenters. The Bertz CT molecular complexity index is 613. The summed E-state index contributed by atoms with van der Waals surface area (Å²) in [6.45, 7) is 1.89. The number of hydrogen-bond donors (Lipinski definition) is 1. The second kappa shape index (κ2) is 6.14. The molecule has 1 aliphatic heterocycles. The van der Waals surface area contributed by atoms with Crippen molar-refractivity contribution < 1.29 is 13.2 Å². The van der Waals surface area contributed by atoms with Crippen LogP contribution in [0.3, 0.4) is 0 Å². The summed E-state index contributed by atoms with van der Waals surface area (Å²) in [5.74, 6) is 0.138. The van der Waals surface area contributed by atoms with Crippen molar-refractivity contribution in [3.63, 3.8) is 0 Å². The number of nitrogens with one attached hydrogen (secondary N) is 1. The highest BCUT2D eigenvalue weighted by molar-refractivity contribution is 7.91. The van der Waals surface area contributed by atoms with E-state index in [9.17, 15) is 13.2 Å². The lowest BCUT2D eigenvalue weighted by atomic mass is 10.0. The minimum Gasteiger partial charge on any atom is -0.326 e. The summed E-state index contributed by atoms with van der Waals surface area (Å²) in [5, 5.41) is 3.37. The van der Waals surface area contributed by atoms with Gasteiger partial charge in [0.25, 0.3) is 0 Å². The van der Waals surface area contributed by atoms with Crippen molar-refractivity contribution in [2.24, 2.45) is 5.92 Å². The third-order valence-electron chi connectivity index (χ3n) is 3.51. The molecule has 0 saturated carbocycles. The number of aryl methyl sites for hydroxylation is 1. The molecule has 0 bridgehead atoms. The number of hydrogen-bond acceptors (Lipinski definition) is 3. The molecule has 20 heavy (non-hydrogen) atoms. The molecule has 1 aromatic rings. The van der Waals surface area contributed by atoms with E-state index >= 15 is 0 Å². The Morgan fingerprint density at radius 3 is 2.90 bits per heavy atom. The molecule has 1 N–H and O–H groups in total. The Labute approximate surface area is 124 Å². The lowest BCUT2D eigenvalue weighted by molar-refractivity contribution is -0.117. The molecule has 6 heteroatoms. The van der Waals surface area contributed by atoms with Crippen LogP contribution in [0.25, 0.3) is 0 Å². The number of rotatable bonds is 3. The molecule has 1 atom stereocenters. The van der Waals surface area contributed by atoms with Gasteiger partial charge in [-0.2, -0.15) is 0 Å². The van der Waals surface area contributed by atoms with Gasteiger partial charge in [0.1, 0.15) is 0 Å². The highest BCUT2D eigenvalue weighted by Gasteiger charge is 2.26. The zero-order valence-electron chi connectivity index (χ0n) is 11.4. The Morgan fingerprint density at radius 2 is 2.20 bits per heavy atom. The van der Waals surface area contributed by atoms with Crippen molar-refractivity contribution in [2.75, 3.05) is 16.8 Å². The molecule has 2 rings (SSSR count). The van der Waals surface area contributed by atoms with Gasteiger partial charge in [0.05, 0.1) is 11.5 Å². The maximum absolute atomic E-state index is 12.0. The fraction of sp³-hybridized carbons (Fsp3) is 0.500. The van der Waals surface area contributed by atoms with Crippen LogP contribution < -0.4 is 5.32 Å². The summed E-state index contributed by atoms with van der Waals surface area (Å²) in [4.78, 5) is 12.0. The number of carbonyl (C=O) groups excluding carboxylic acids is 1. The third kappa shape index (κ3) is 4.21. The van der Waals surface area contributed by atoms with Crippen molar-refractivity contribution in [2.45, 2.75) is 26.2 Å². The summed E-state index contributed by atoms with van der Waals surface area (Å²) in [7, 11) is -2.97. The summed E-state index contributed by atoms with van der Waals surface area (Å²) in [6.07, 6.45) is 1.68. The number of amides is 1. The largest absolute Gasteiger partial charge is 0.326 e. The van der Waals surface area contributed by atoms with Crippen LogP contribution in [0.5, 0.6) is 0 Å². The standard InChI is InChI=1S/C14H18ClNO3S/c1-10-4-5-12(15)8-13(10)16-14(17)7-11-3-2-6-20(18,19)9-11/h4-5,8,11H,2-3,6-7,9H2,1H3,(H,16,17). The van der Waals surface area contributed by atoms with Crippen LogP contribution in [0.1, 0.15) is 24.8 Å². The van der Waals surface area contributed by atoms with E-state index in [2.05, 4.69) is 5.32 Å². The molecule has 1 heterocycles. The van der Waals surface area contributed by atoms with Crippen LogP contribution in [0.15, 0.2) is 18.2 Å². The van der Waals surface area contributed by atoms with Crippen molar-refractivity contribution in [1.82, 2.24) is 0 Å². The van der Waals surface area contributed by atoms with E-state index in [0.29, 0.717) is 17.1 Å². The molecule has 0 aliphatic carbocycles. The highest BCUT2D eigenvalue weighted by Crippen LogP contribution is 2.24. The van der Waals surface area contributed by atoms with E-state index < -0.39 is 9.84 Å². The predicted molar refractivity (Wildman–Crippen MR) is 80.8 cm³/mol. The average Bonchev–Trinajstić information content (AvgIpc) is 2.32. The maximum atomic E-state index is 12.0. The van der Waals surface area contributed by atoms with E-state index in [4.69, 9.17) is 11.6 Å². The fourth-order valence-corrected chi connectivity index (χ4v) is 4.42. The number of sulfone groups is 1. The highest BCUT2D eigenvalue weighted by atomic mass is 35.5. The lowest BCUT2D eigenvalue weighted by Crippen LogP contribution is -2.28. The number of anilines is 1. The van der Waals surface area contributed by atoms with Crippen LogP contribution in [0.4, 0.5) is 5.69 Å². The summed E-state index contributed by atoms with van der Waals surface area (Å²) < 4.78 is 23.1. The van der Waals surface area contributed by atoms with Crippen LogP contribution in [0.2, 0.25) is 5.02 Å². The van der Waals surface area contributed by atoms with E-state index in [1.807, 2.05) is 13.0 Å².